The zero-order chi connectivity index (χ0) is 16.8. The number of hydrogen-bond donors (Lipinski definition) is 0. The average molecular weight is 332 g/mol. The summed E-state index contributed by atoms with van der Waals surface area (Å²) in [5.41, 5.74) is 0. The second-order valence-corrected chi connectivity index (χ2v) is 3.05. The number of halogens is 12. The summed E-state index contributed by atoms with van der Waals surface area (Å²) in [5, 5.41) is 0. The Morgan fingerprint density at radius 3 is 1.25 bits per heavy atom. The molecule has 0 unspecified atom stereocenters. The van der Waals surface area contributed by atoms with E-state index >= 15 is 0 Å². The Kier molecular flexibility index (Phi) is 4.27. The summed E-state index contributed by atoms with van der Waals surface area (Å²) in [5.74, 6) is -18.6. The second kappa shape index (κ2) is 4.58. The van der Waals surface area contributed by atoms with E-state index in [4.69, 9.17) is 0 Å². The van der Waals surface area contributed by atoms with Gasteiger partial charge in [0.05, 0.1) is 0 Å². The third-order valence-corrected chi connectivity index (χ3v) is 1.56. The molecule has 0 saturated heterocycles. The molecule has 0 spiro atoms. The molecular formula is C6F12O2. The van der Waals surface area contributed by atoms with Crippen molar-refractivity contribution in [1.29, 1.82) is 0 Å². The van der Waals surface area contributed by atoms with Crippen LogP contribution in [0.5, 0.6) is 0 Å². The summed E-state index contributed by atoms with van der Waals surface area (Å²) in [6.07, 6.45) is -20.6. The Morgan fingerprint density at radius 2 is 1.00 bits per heavy atom. The zero-order valence-corrected chi connectivity index (χ0v) is 8.35. The second-order valence-electron chi connectivity index (χ2n) is 3.05. The maximum Gasteiger partial charge on any atom is 0.501 e. The normalized spacial score (nSPS) is 15.2. The van der Waals surface area contributed by atoms with E-state index in [0.717, 1.165) is 0 Å². The minimum atomic E-state index is -7.21. The first-order valence-electron chi connectivity index (χ1n) is 3.88. The van der Waals surface area contributed by atoms with E-state index in [1.165, 1.54) is 0 Å². The van der Waals surface area contributed by atoms with Gasteiger partial charge in [-0.25, -0.2) is 4.79 Å². The quantitative estimate of drug-likeness (QED) is 0.584. The van der Waals surface area contributed by atoms with Crippen LogP contribution in [0.25, 0.3) is 0 Å². The molecule has 0 bridgehead atoms. The summed E-state index contributed by atoms with van der Waals surface area (Å²) in [7, 11) is 0. The molecule has 0 fully saturated rings. The SMILES string of the molecule is O=C(OC(F)(F)C(F)(F)F)C(F)(F)C(F)(F)C(F)(F)F. The lowest BCUT2D eigenvalue weighted by molar-refractivity contribution is -0.392. The summed E-state index contributed by atoms with van der Waals surface area (Å²) in [4.78, 5) is 10.1. The van der Waals surface area contributed by atoms with Gasteiger partial charge in [-0.15, -0.1) is 0 Å². The first-order chi connectivity index (χ1) is 8.38. The molecular weight excluding hydrogens is 332 g/mol. The number of alkyl halides is 12. The predicted octanol–water partition coefficient (Wildman–Crippen LogP) is 3.52. The molecule has 20 heavy (non-hydrogen) atoms. The fourth-order valence-electron chi connectivity index (χ4n) is 0.545. The Morgan fingerprint density at radius 1 is 0.650 bits per heavy atom. The molecule has 0 aliphatic rings. The number of carbonyl (C=O) groups is 1. The monoisotopic (exact) mass is 332 g/mol. The van der Waals surface area contributed by atoms with Gasteiger partial charge < -0.3 is 4.74 Å². The van der Waals surface area contributed by atoms with Crippen LogP contribution in [0.4, 0.5) is 52.7 Å². The third kappa shape index (κ3) is 3.03. The van der Waals surface area contributed by atoms with Crippen LogP contribution in [0.3, 0.4) is 0 Å². The van der Waals surface area contributed by atoms with E-state index in [9.17, 15) is 57.5 Å². The molecule has 0 aromatic rings. The summed E-state index contributed by atoms with van der Waals surface area (Å²) >= 11 is 0. The zero-order valence-electron chi connectivity index (χ0n) is 8.35. The number of rotatable bonds is 3. The summed E-state index contributed by atoms with van der Waals surface area (Å²) in [6, 6.07) is 0. The molecule has 0 atom stereocenters. The molecule has 0 amide bonds. The minimum absolute atomic E-state index is 1.72. The van der Waals surface area contributed by atoms with Crippen LogP contribution in [-0.4, -0.2) is 36.3 Å². The van der Waals surface area contributed by atoms with Crippen molar-refractivity contribution in [3.05, 3.63) is 0 Å². The van der Waals surface area contributed by atoms with E-state index in [1.807, 2.05) is 0 Å². The van der Waals surface area contributed by atoms with Crippen molar-refractivity contribution in [1.82, 2.24) is 0 Å². The highest BCUT2D eigenvalue weighted by molar-refractivity contribution is 5.79. The Balaban J connectivity index is 5.42. The molecule has 0 radical (unpaired) electrons. The van der Waals surface area contributed by atoms with Crippen molar-refractivity contribution in [3.8, 4) is 0 Å². The van der Waals surface area contributed by atoms with E-state index in [2.05, 4.69) is 0 Å². The molecule has 0 rings (SSSR count). The van der Waals surface area contributed by atoms with Crippen LogP contribution in [0, 0.1) is 0 Å². The van der Waals surface area contributed by atoms with Crippen LogP contribution < -0.4 is 0 Å². The smallest absolute Gasteiger partial charge is 0.389 e. The van der Waals surface area contributed by atoms with Crippen molar-refractivity contribution in [2.45, 2.75) is 30.3 Å². The maximum atomic E-state index is 12.4. The number of esters is 1. The summed E-state index contributed by atoms with van der Waals surface area (Å²) < 4.78 is 143. The molecule has 120 valence electrons. The van der Waals surface area contributed by atoms with Crippen molar-refractivity contribution in [2.75, 3.05) is 0 Å². The topological polar surface area (TPSA) is 26.3 Å². The molecule has 14 heteroatoms. The van der Waals surface area contributed by atoms with Crippen LogP contribution in [0.1, 0.15) is 0 Å². The van der Waals surface area contributed by atoms with Crippen LogP contribution >= 0.6 is 0 Å². The van der Waals surface area contributed by atoms with Gasteiger partial charge in [0, 0.05) is 0 Å². The van der Waals surface area contributed by atoms with Gasteiger partial charge in [-0.2, -0.15) is 52.7 Å². The Bertz CT molecular complexity index is 376. The van der Waals surface area contributed by atoms with Gasteiger partial charge in [-0.1, -0.05) is 0 Å². The summed E-state index contributed by atoms with van der Waals surface area (Å²) in [6.45, 7) is 0. The van der Waals surface area contributed by atoms with Crippen LogP contribution in [-0.2, 0) is 9.53 Å². The lowest BCUT2D eigenvalue weighted by Gasteiger charge is -2.28. The molecule has 0 aliphatic carbocycles. The van der Waals surface area contributed by atoms with Gasteiger partial charge in [0.15, 0.2) is 0 Å². The van der Waals surface area contributed by atoms with Gasteiger partial charge >= 0.3 is 36.3 Å². The molecule has 0 aromatic carbocycles. The standard InChI is InChI=1S/C6F12O2/c7-2(8,3(9,10)4(11,12)13)1(19)20-6(17,18)5(14,15)16. The van der Waals surface area contributed by atoms with E-state index in [1.54, 1.807) is 4.74 Å². The third-order valence-electron chi connectivity index (χ3n) is 1.56. The Hall–Kier alpha value is -1.37. The van der Waals surface area contributed by atoms with Gasteiger partial charge in [-0.05, 0) is 0 Å². The van der Waals surface area contributed by atoms with Crippen LogP contribution in [0.2, 0.25) is 0 Å². The fraction of sp³-hybridized carbons (Fsp3) is 0.833. The minimum Gasteiger partial charge on any atom is -0.389 e. The number of carbonyl (C=O) groups excluding carboxylic acids is 1. The van der Waals surface area contributed by atoms with Crippen LogP contribution in [0.15, 0.2) is 0 Å². The van der Waals surface area contributed by atoms with Gasteiger partial charge in [0.1, 0.15) is 0 Å². The van der Waals surface area contributed by atoms with E-state index in [-0.39, 0.29) is 0 Å². The molecule has 2 nitrogen and oxygen atoms in total. The van der Waals surface area contributed by atoms with Gasteiger partial charge in [-0.3, -0.25) is 0 Å². The van der Waals surface area contributed by atoms with Crippen molar-refractivity contribution in [3.63, 3.8) is 0 Å². The van der Waals surface area contributed by atoms with Crippen molar-refractivity contribution >= 4 is 5.97 Å². The van der Waals surface area contributed by atoms with E-state index in [0.29, 0.717) is 0 Å². The lowest BCUT2D eigenvalue weighted by atomic mass is 10.1. The fourth-order valence-corrected chi connectivity index (χ4v) is 0.545. The largest absolute Gasteiger partial charge is 0.501 e. The average Bonchev–Trinajstić information content (AvgIpc) is 2.12. The highest BCUT2D eigenvalue weighted by Gasteiger charge is 2.78. The molecule has 0 saturated carbocycles. The lowest BCUT2D eigenvalue weighted by Crippen LogP contribution is -2.58. The number of ether oxygens (including phenoxy) is 1. The highest BCUT2D eigenvalue weighted by Crippen LogP contribution is 2.48. The highest BCUT2D eigenvalue weighted by atomic mass is 19.4. The van der Waals surface area contributed by atoms with Crippen molar-refractivity contribution in [2.24, 2.45) is 0 Å². The molecule has 0 heterocycles. The van der Waals surface area contributed by atoms with Crippen molar-refractivity contribution < 1.29 is 62.2 Å². The van der Waals surface area contributed by atoms with Gasteiger partial charge in [0.25, 0.3) is 0 Å². The molecule has 0 aromatic heterocycles. The van der Waals surface area contributed by atoms with Gasteiger partial charge in [0.2, 0.25) is 0 Å². The Labute approximate surface area is 99.8 Å². The maximum absolute atomic E-state index is 12.4. The first-order valence-corrected chi connectivity index (χ1v) is 3.88. The molecule has 0 N–H and O–H groups in total. The molecule has 0 aliphatic heterocycles. The van der Waals surface area contributed by atoms with E-state index < -0.39 is 36.3 Å². The predicted molar refractivity (Wildman–Crippen MR) is 33.0 cm³/mol. The first kappa shape index (κ1) is 18.6. The number of hydrogen-bond acceptors (Lipinski definition) is 2.